The number of halogens is 1. The maximum atomic E-state index is 6.23. The number of aliphatic imine (C=N–C) groups is 1. The van der Waals surface area contributed by atoms with Crippen molar-refractivity contribution in [2.24, 2.45) is 4.99 Å². The topological polar surface area (TPSA) is 40.5 Å². The summed E-state index contributed by atoms with van der Waals surface area (Å²) in [4.78, 5) is 12.2. The van der Waals surface area contributed by atoms with Crippen LogP contribution in [0.3, 0.4) is 0 Å². The fraction of sp³-hybridized carbons (Fsp3) is 0.375. The van der Waals surface area contributed by atoms with Crippen molar-refractivity contribution in [2.75, 3.05) is 13.6 Å². The Hall–Kier alpha value is -1.59. The monoisotopic (exact) mass is 336 g/mol. The van der Waals surface area contributed by atoms with Crippen molar-refractivity contribution < 1.29 is 0 Å². The number of aryl methyl sites for hydroxylation is 1. The van der Waals surface area contributed by atoms with Gasteiger partial charge in [-0.3, -0.25) is 0 Å². The largest absolute Gasteiger partial charge is 0.357 e. The third-order valence-electron chi connectivity index (χ3n) is 3.12. The predicted molar refractivity (Wildman–Crippen MR) is 94.6 cm³/mol. The first-order valence-electron chi connectivity index (χ1n) is 7.24. The average Bonchev–Trinajstić information content (AvgIpc) is 2.91. The van der Waals surface area contributed by atoms with Crippen LogP contribution in [0.15, 0.2) is 35.5 Å². The molecule has 0 atom stereocenters. The lowest BCUT2D eigenvalue weighted by molar-refractivity contribution is 0.477. The second-order valence-corrected chi connectivity index (χ2v) is 6.69. The fourth-order valence-electron chi connectivity index (χ4n) is 2.06. The van der Waals surface area contributed by atoms with Crippen molar-refractivity contribution in [3.8, 4) is 0 Å². The van der Waals surface area contributed by atoms with Crippen LogP contribution in [0.4, 0.5) is 0 Å². The molecule has 0 aliphatic rings. The molecule has 118 valence electrons. The molecule has 0 fully saturated rings. The summed E-state index contributed by atoms with van der Waals surface area (Å²) in [5.74, 6) is 0.869. The van der Waals surface area contributed by atoms with Gasteiger partial charge in [-0.1, -0.05) is 29.8 Å². The maximum absolute atomic E-state index is 6.23. The first-order valence-corrected chi connectivity index (χ1v) is 8.43. The van der Waals surface area contributed by atoms with Crippen molar-refractivity contribution in [3.05, 3.63) is 50.9 Å². The molecule has 0 radical (unpaired) electrons. The summed E-state index contributed by atoms with van der Waals surface area (Å²) in [6, 6.07) is 7.89. The lowest BCUT2D eigenvalue weighted by atomic mass is 10.2. The summed E-state index contributed by atoms with van der Waals surface area (Å²) in [6.45, 7) is 6.25. The molecule has 2 rings (SSSR count). The molecule has 1 aromatic carbocycles. The number of nitrogens with zero attached hydrogens (tertiary/aromatic N) is 3. The molecule has 4 nitrogen and oxygen atoms in total. The molecule has 6 heteroatoms. The zero-order valence-electron chi connectivity index (χ0n) is 13.1. The molecule has 1 aromatic heterocycles. The number of rotatable bonds is 5. The van der Waals surface area contributed by atoms with E-state index < -0.39 is 0 Å². The summed E-state index contributed by atoms with van der Waals surface area (Å²) in [5, 5.41) is 5.17. The van der Waals surface area contributed by atoms with Gasteiger partial charge in [-0.05, 0) is 25.5 Å². The highest BCUT2D eigenvalue weighted by molar-refractivity contribution is 7.11. The number of thiazole rings is 1. The van der Waals surface area contributed by atoms with Crippen LogP contribution in [0.5, 0.6) is 0 Å². The number of hydrogen-bond acceptors (Lipinski definition) is 3. The minimum absolute atomic E-state index is 0.640. The average molecular weight is 337 g/mol. The van der Waals surface area contributed by atoms with E-state index in [0.29, 0.717) is 13.1 Å². The normalized spacial score (nSPS) is 11.5. The highest BCUT2D eigenvalue weighted by Crippen LogP contribution is 2.17. The van der Waals surface area contributed by atoms with E-state index in [1.165, 1.54) is 4.88 Å². The van der Waals surface area contributed by atoms with Crippen LogP contribution in [-0.2, 0) is 13.1 Å². The first-order chi connectivity index (χ1) is 10.6. The van der Waals surface area contributed by atoms with Crippen molar-refractivity contribution in [3.63, 3.8) is 0 Å². The minimum atomic E-state index is 0.640. The lowest BCUT2D eigenvalue weighted by Crippen LogP contribution is -2.38. The number of benzene rings is 1. The van der Waals surface area contributed by atoms with Gasteiger partial charge in [0.2, 0.25) is 0 Å². The summed E-state index contributed by atoms with van der Waals surface area (Å²) < 4.78 is 0. The molecule has 0 saturated carbocycles. The van der Waals surface area contributed by atoms with Crippen LogP contribution >= 0.6 is 22.9 Å². The quantitative estimate of drug-likeness (QED) is 0.668. The van der Waals surface area contributed by atoms with Gasteiger partial charge < -0.3 is 10.2 Å². The van der Waals surface area contributed by atoms with Gasteiger partial charge in [-0.2, -0.15) is 0 Å². The molecule has 0 spiro atoms. The molecular weight excluding hydrogens is 316 g/mol. The Morgan fingerprint density at radius 1 is 1.41 bits per heavy atom. The van der Waals surface area contributed by atoms with Crippen LogP contribution < -0.4 is 5.32 Å². The van der Waals surface area contributed by atoms with E-state index in [1.807, 2.05) is 44.4 Å². The van der Waals surface area contributed by atoms with Crippen LogP contribution in [0.25, 0.3) is 0 Å². The zero-order chi connectivity index (χ0) is 15.9. The van der Waals surface area contributed by atoms with Crippen molar-refractivity contribution in [1.29, 1.82) is 0 Å². The van der Waals surface area contributed by atoms with E-state index >= 15 is 0 Å². The second kappa shape index (κ2) is 8.15. The number of guanidine groups is 1. The Labute approximate surface area is 140 Å². The first kappa shape index (κ1) is 16.8. The highest BCUT2D eigenvalue weighted by atomic mass is 35.5. The number of nitrogens with one attached hydrogen (secondary N) is 1. The van der Waals surface area contributed by atoms with Gasteiger partial charge in [0, 0.05) is 36.2 Å². The van der Waals surface area contributed by atoms with Gasteiger partial charge in [0.1, 0.15) is 0 Å². The van der Waals surface area contributed by atoms with Gasteiger partial charge in [-0.15, -0.1) is 11.3 Å². The second-order valence-electron chi connectivity index (χ2n) is 4.96. The van der Waals surface area contributed by atoms with E-state index in [0.717, 1.165) is 28.1 Å². The van der Waals surface area contributed by atoms with Gasteiger partial charge in [-0.25, -0.2) is 9.98 Å². The summed E-state index contributed by atoms with van der Waals surface area (Å²) >= 11 is 7.91. The van der Waals surface area contributed by atoms with E-state index in [9.17, 15) is 0 Å². The van der Waals surface area contributed by atoms with Crippen LogP contribution in [0, 0.1) is 6.92 Å². The summed E-state index contributed by atoms with van der Waals surface area (Å²) in [6.07, 6.45) is 1.89. The molecular formula is C16H21ClN4S. The third-order valence-corrected chi connectivity index (χ3v) is 4.38. The van der Waals surface area contributed by atoms with E-state index in [-0.39, 0.29) is 0 Å². The van der Waals surface area contributed by atoms with E-state index in [4.69, 9.17) is 11.6 Å². The van der Waals surface area contributed by atoms with Crippen molar-refractivity contribution in [1.82, 2.24) is 15.2 Å². The molecule has 0 aliphatic heterocycles. The van der Waals surface area contributed by atoms with Crippen LogP contribution in [-0.4, -0.2) is 29.4 Å². The molecule has 0 aliphatic carbocycles. The van der Waals surface area contributed by atoms with Gasteiger partial charge in [0.05, 0.1) is 11.6 Å². The van der Waals surface area contributed by atoms with Crippen molar-refractivity contribution in [2.45, 2.75) is 26.9 Å². The molecule has 22 heavy (non-hydrogen) atoms. The Bertz CT molecular complexity index is 639. The van der Waals surface area contributed by atoms with E-state index in [1.54, 1.807) is 11.3 Å². The van der Waals surface area contributed by atoms with Crippen LogP contribution in [0.1, 0.15) is 22.4 Å². The molecule has 0 saturated heterocycles. The lowest BCUT2D eigenvalue weighted by Gasteiger charge is -2.22. The highest BCUT2D eigenvalue weighted by Gasteiger charge is 2.09. The standard InChI is InChI=1S/C16H21ClN4S/c1-4-18-16(20-10-14-9-19-12(2)22-14)21(3)11-13-7-5-6-8-15(13)17/h5-9H,4,10-11H2,1-3H3,(H,18,20). The van der Waals surface area contributed by atoms with Crippen molar-refractivity contribution >= 4 is 28.9 Å². The third kappa shape index (κ3) is 4.71. The van der Waals surface area contributed by atoms with E-state index in [2.05, 4.69) is 27.1 Å². The predicted octanol–water partition coefficient (Wildman–Crippen LogP) is 3.70. The zero-order valence-corrected chi connectivity index (χ0v) is 14.7. The van der Waals surface area contributed by atoms with Crippen LogP contribution in [0.2, 0.25) is 5.02 Å². The molecule has 0 bridgehead atoms. The smallest absolute Gasteiger partial charge is 0.194 e. The summed E-state index contributed by atoms with van der Waals surface area (Å²) in [5.41, 5.74) is 1.09. The SMILES string of the molecule is CCNC(=NCc1cnc(C)s1)N(C)Cc1ccccc1Cl. The molecule has 1 N–H and O–H groups in total. The Morgan fingerprint density at radius 2 is 2.18 bits per heavy atom. The Kier molecular flexibility index (Phi) is 6.21. The summed E-state index contributed by atoms with van der Waals surface area (Å²) in [7, 11) is 2.02. The number of aromatic nitrogens is 1. The van der Waals surface area contributed by atoms with Gasteiger partial charge in [0.15, 0.2) is 5.96 Å². The number of hydrogen-bond donors (Lipinski definition) is 1. The molecule has 2 aromatic rings. The van der Waals surface area contributed by atoms with Gasteiger partial charge in [0.25, 0.3) is 0 Å². The maximum Gasteiger partial charge on any atom is 0.194 e. The molecule has 0 amide bonds. The Morgan fingerprint density at radius 3 is 2.82 bits per heavy atom. The fourth-order valence-corrected chi connectivity index (χ4v) is 2.97. The minimum Gasteiger partial charge on any atom is -0.357 e. The van der Waals surface area contributed by atoms with Gasteiger partial charge >= 0.3 is 0 Å². The Balaban J connectivity index is 2.07. The molecule has 1 heterocycles. The molecule has 0 unspecified atom stereocenters.